The first-order valence-electron chi connectivity index (χ1n) is 8.71. The van der Waals surface area contributed by atoms with Gasteiger partial charge in [0.15, 0.2) is 0 Å². The number of amides is 2. The van der Waals surface area contributed by atoms with Crippen molar-refractivity contribution in [2.75, 3.05) is 21.1 Å². The van der Waals surface area contributed by atoms with E-state index in [1.165, 1.54) is 25.1 Å². The number of hydrogen-bond acceptors (Lipinski definition) is 4. The topological polar surface area (TPSA) is 66.4 Å². The lowest BCUT2D eigenvalue weighted by molar-refractivity contribution is -0.143. The maximum atomic E-state index is 12.9. The Labute approximate surface area is 188 Å². The average molecular weight is 529 g/mol. The number of halogens is 7. The van der Waals surface area contributed by atoms with Crippen molar-refractivity contribution in [3.05, 3.63) is 57.1 Å². The Morgan fingerprint density at radius 2 is 1.50 bits per heavy atom. The minimum Gasteiger partial charge on any atom is -0.351 e. The van der Waals surface area contributed by atoms with Crippen molar-refractivity contribution in [2.24, 2.45) is 0 Å². The summed E-state index contributed by atoms with van der Waals surface area (Å²) in [6.07, 6.45) is -7.83. The van der Waals surface area contributed by atoms with Gasteiger partial charge in [-0.15, -0.1) is 0 Å². The van der Waals surface area contributed by atoms with Crippen molar-refractivity contribution in [3.8, 4) is 0 Å². The van der Waals surface area contributed by atoms with Gasteiger partial charge in [-0.3, -0.25) is 9.59 Å². The van der Waals surface area contributed by atoms with Crippen molar-refractivity contribution in [1.29, 1.82) is 0 Å². The Kier molecular flexibility index (Phi) is 9.18. The third-order valence-electron chi connectivity index (χ3n) is 3.69. The molecule has 13 heteroatoms. The van der Waals surface area contributed by atoms with Gasteiger partial charge in [-0.2, -0.15) is 26.3 Å². The van der Waals surface area contributed by atoms with Crippen molar-refractivity contribution in [2.45, 2.75) is 25.8 Å². The fourth-order valence-electron chi connectivity index (χ4n) is 2.24. The lowest BCUT2D eigenvalue weighted by Crippen LogP contribution is -2.28. The Hall–Kier alpha value is -2.70. The standard InChI is InChI=1S/C16H12BrF6N3O.C3H7NO/c1-8-24-6-12(17)13(25-8)14(27)26(2)7-9-3-10(15(18,19)20)5-11(4-9)16(21,22)23;1-4(2)3-5/h3-6H,7H2,1-2H3;3H,1-2H3. The molecule has 0 aliphatic heterocycles. The summed E-state index contributed by atoms with van der Waals surface area (Å²) >= 11 is 3.09. The number of hydrogen-bond donors (Lipinski definition) is 0. The van der Waals surface area contributed by atoms with E-state index in [1.807, 2.05) is 0 Å². The predicted molar refractivity (Wildman–Crippen MR) is 106 cm³/mol. The Morgan fingerprint density at radius 3 is 1.91 bits per heavy atom. The molecule has 0 aliphatic carbocycles. The van der Waals surface area contributed by atoms with Gasteiger partial charge >= 0.3 is 12.4 Å². The van der Waals surface area contributed by atoms with Crippen LogP contribution in [0.4, 0.5) is 26.3 Å². The van der Waals surface area contributed by atoms with Crippen molar-refractivity contribution < 1.29 is 35.9 Å². The van der Waals surface area contributed by atoms with Crippen LogP contribution in [-0.4, -0.2) is 53.2 Å². The molecule has 2 aromatic rings. The summed E-state index contributed by atoms with van der Waals surface area (Å²) in [7, 11) is 4.62. The van der Waals surface area contributed by atoms with Gasteiger partial charge in [-0.1, -0.05) is 0 Å². The quantitative estimate of drug-likeness (QED) is 0.431. The van der Waals surface area contributed by atoms with Crippen LogP contribution in [0.15, 0.2) is 28.9 Å². The fraction of sp³-hybridized carbons (Fsp3) is 0.368. The van der Waals surface area contributed by atoms with Gasteiger partial charge < -0.3 is 9.80 Å². The summed E-state index contributed by atoms with van der Waals surface area (Å²) in [5.74, 6) is -0.397. The van der Waals surface area contributed by atoms with Crippen LogP contribution in [0.3, 0.4) is 0 Å². The SMILES string of the molecule is CN(C)C=O.Cc1ncc(Br)c(C(=O)N(C)Cc2cc(C(F)(F)F)cc(C(F)(F)F)c2)n1. The monoisotopic (exact) mass is 528 g/mol. The third-order valence-corrected chi connectivity index (χ3v) is 4.27. The number of carbonyl (C=O) groups is 2. The van der Waals surface area contributed by atoms with E-state index in [9.17, 15) is 35.9 Å². The predicted octanol–water partition coefficient (Wildman–Crippen LogP) is 4.56. The van der Waals surface area contributed by atoms with Gasteiger partial charge in [0, 0.05) is 33.9 Å². The summed E-state index contributed by atoms with van der Waals surface area (Å²) in [6, 6.07) is 1.20. The molecular weight excluding hydrogens is 510 g/mol. The second-order valence-corrected chi connectivity index (χ2v) is 7.61. The molecule has 0 fully saturated rings. The Morgan fingerprint density at radius 1 is 1.03 bits per heavy atom. The number of benzene rings is 1. The molecule has 176 valence electrons. The highest BCUT2D eigenvalue weighted by Crippen LogP contribution is 2.36. The minimum absolute atomic E-state index is 0.0374. The van der Waals surface area contributed by atoms with Crippen molar-refractivity contribution in [1.82, 2.24) is 19.8 Å². The molecule has 1 aromatic heterocycles. The van der Waals surface area contributed by atoms with Gasteiger partial charge in [-0.25, -0.2) is 9.97 Å². The number of nitrogens with zero attached hydrogens (tertiary/aromatic N) is 4. The Bertz CT molecular complexity index is 932. The second-order valence-electron chi connectivity index (χ2n) is 6.76. The minimum atomic E-state index is -4.95. The lowest BCUT2D eigenvalue weighted by Gasteiger charge is -2.20. The van der Waals surface area contributed by atoms with Crippen LogP contribution in [0.1, 0.15) is 33.0 Å². The van der Waals surface area contributed by atoms with E-state index in [0.29, 0.717) is 12.1 Å². The molecule has 0 N–H and O–H groups in total. The van der Waals surface area contributed by atoms with Gasteiger partial charge in [0.05, 0.1) is 15.6 Å². The molecule has 6 nitrogen and oxygen atoms in total. The molecule has 0 aliphatic rings. The molecule has 1 heterocycles. The lowest BCUT2D eigenvalue weighted by atomic mass is 10.0. The molecule has 0 saturated carbocycles. The highest BCUT2D eigenvalue weighted by atomic mass is 79.9. The van der Waals surface area contributed by atoms with Crippen LogP contribution in [-0.2, 0) is 23.7 Å². The maximum absolute atomic E-state index is 12.9. The first-order valence-corrected chi connectivity index (χ1v) is 9.50. The van der Waals surface area contributed by atoms with Crippen LogP contribution < -0.4 is 0 Å². The van der Waals surface area contributed by atoms with E-state index in [-0.39, 0.29) is 27.6 Å². The molecule has 0 bridgehead atoms. The molecule has 0 saturated heterocycles. The average Bonchev–Trinajstić information content (AvgIpc) is 2.68. The van der Waals surface area contributed by atoms with Crippen molar-refractivity contribution >= 4 is 28.2 Å². The molecular formula is C19H19BrF6N4O2. The van der Waals surface area contributed by atoms with E-state index in [1.54, 1.807) is 14.1 Å². The number of rotatable bonds is 4. The normalized spacial score (nSPS) is 11.3. The van der Waals surface area contributed by atoms with E-state index < -0.39 is 35.9 Å². The van der Waals surface area contributed by atoms with E-state index in [2.05, 4.69) is 25.9 Å². The molecule has 32 heavy (non-hydrogen) atoms. The zero-order chi connectivity index (χ0) is 24.9. The molecule has 1 aromatic carbocycles. The zero-order valence-electron chi connectivity index (χ0n) is 17.3. The summed E-state index contributed by atoms with van der Waals surface area (Å²) in [6.45, 7) is 1.06. The molecule has 0 atom stereocenters. The highest BCUT2D eigenvalue weighted by molar-refractivity contribution is 9.10. The molecule has 2 amide bonds. The molecule has 0 unspecified atom stereocenters. The van der Waals surface area contributed by atoms with Gasteiger partial charge in [-0.05, 0) is 46.6 Å². The van der Waals surface area contributed by atoms with Gasteiger partial charge in [0.25, 0.3) is 5.91 Å². The fourth-order valence-corrected chi connectivity index (χ4v) is 2.60. The summed E-state index contributed by atoms with van der Waals surface area (Å²) in [5, 5.41) is 0. The first-order chi connectivity index (χ1) is 14.6. The van der Waals surface area contributed by atoms with E-state index in [0.717, 1.165) is 11.3 Å². The largest absolute Gasteiger partial charge is 0.416 e. The number of aryl methyl sites for hydroxylation is 1. The number of alkyl halides is 6. The first kappa shape index (κ1) is 27.3. The summed E-state index contributed by atoms with van der Waals surface area (Å²) in [4.78, 5) is 32.1. The van der Waals surface area contributed by atoms with Crippen LogP contribution in [0.25, 0.3) is 0 Å². The van der Waals surface area contributed by atoms with Gasteiger partial charge in [0.1, 0.15) is 11.5 Å². The van der Waals surface area contributed by atoms with Crippen molar-refractivity contribution in [3.63, 3.8) is 0 Å². The van der Waals surface area contributed by atoms with E-state index in [4.69, 9.17) is 0 Å². The van der Waals surface area contributed by atoms with Crippen LogP contribution >= 0.6 is 15.9 Å². The summed E-state index contributed by atoms with van der Waals surface area (Å²) in [5.41, 5.74) is -3.23. The molecule has 0 radical (unpaired) electrons. The van der Waals surface area contributed by atoms with Gasteiger partial charge in [0.2, 0.25) is 6.41 Å². The van der Waals surface area contributed by atoms with Crippen LogP contribution in [0.2, 0.25) is 0 Å². The zero-order valence-corrected chi connectivity index (χ0v) is 18.9. The van der Waals surface area contributed by atoms with Crippen LogP contribution in [0, 0.1) is 6.92 Å². The maximum Gasteiger partial charge on any atom is 0.416 e. The Balaban J connectivity index is 0.000000920. The number of aromatic nitrogens is 2. The van der Waals surface area contributed by atoms with Crippen LogP contribution in [0.5, 0.6) is 0 Å². The van der Waals surface area contributed by atoms with E-state index >= 15 is 0 Å². The molecule has 0 spiro atoms. The smallest absolute Gasteiger partial charge is 0.351 e. The number of carbonyl (C=O) groups excluding carboxylic acids is 2. The summed E-state index contributed by atoms with van der Waals surface area (Å²) < 4.78 is 77.8. The second kappa shape index (κ2) is 10.7. The molecule has 2 rings (SSSR count). The third kappa shape index (κ3) is 8.09. The highest BCUT2D eigenvalue weighted by Gasteiger charge is 2.37.